The highest BCUT2D eigenvalue weighted by Crippen LogP contribution is 2.21. The molecule has 0 saturated heterocycles. The van der Waals surface area contributed by atoms with Crippen LogP contribution in [0.15, 0.2) is 34.4 Å². The van der Waals surface area contributed by atoms with Crippen molar-refractivity contribution in [3.63, 3.8) is 0 Å². The molecule has 4 heteroatoms. The second-order valence-electron chi connectivity index (χ2n) is 3.59. The molecule has 0 aliphatic rings. The maximum Gasteiger partial charge on any atom is 0.351 e. The van der Waals surface area contributed by atoms with Crippen LogP contribution in [0.5, 0.6) is 0 Å². The standard InChI is InChI=1S/C12H11NO3/c1-7-2-3-11-8(4-7)5-9(16-11)6-10(13)12(14)15/h2-6H,13H2,1H3,(H,14,15)/b10-6+. The fourth-order valence-corrected chi connectivity index (χ4v) is 1.47. The Balaban J connectivity index is 2.48. The van der Waals surface area contributed by atoms with Crippen molar-refractivity contribution in [3.05, 3.63) is 41.3 Å². The van der Waals surface area contributed by atoms with Crippen molar-refractivity contribution >= 4 is 23.0 Å². The van der Waals surface area contributed by atoms with Crippen LogP contribution in [0, 0.1) is 6.92 Å². The maximum atomic E-state index is 10.5. The molecule has 2 rings (SSSR count). The summed E-state index contributed by atoms with van der Waals surface area (Å²) in [5.41, 5.74) is 6.90. The maximum absolute atomic E-state index is 10.5. The lowest BCUT2D eigenvalue weighted by Crippen LogP contribution is -2.08. The predicted molar refractivity (Wildman–Crippen MR) is 60.8 cm³/mol. The van der Waals surface area contributed by atoms with Crippen LogP contribution in [0.2, 0.25) is 0 Å². The number of furan rings is 1. The molecule has 4 nitrogen and oxygen atoms in total. The fraction of sp³-hybridized carbons (Fsp3) is 0.0833. The van der Waals surface area contributed by atoms with E-state index < -0.39 is 5.97 Å². The first-order valence-electron chi connectivity index (χ1n) is 4.77. The minimum Gasteiger partial charge on any atom is -0.477 e. The summed E-state index contributed by atoms with van der Waals surface area (Å²) in [5, 5.41) is 9.56. The molecule has 2 aromatic rings. The number of fused-ring (bicyclic) bond motifs is 1. The molecule has 0 saturated carbocycles. The summed E-state index contributed by atoms with van der Waals surface area (Å²) in [6, 6.07) is 7.50. The van der Waals surface area contributed by atoms with Crippen LogP contribution in [0.3, 0.4) is 0 Å². The van der Waals surface area contributed by atoms with Crippen LogP contribution < -0.4 is 5.73 Å². The van der Waals surface area contributed by atoms with Crippen molar-refractivity contribution in [2.24, 2.45) is 5.73 Å². The molecule has 1 aromatic carbocycles. The van der Waals surface area contributed by atoms with Crippen molar-refractivity contribution in [1.29, 1.82) is 0 Å². The van der Waals surface area contributed by atoms with Gasteiger partial charge in [0, 0.05) is 11.5 Å². The third kappa shape index (κ3) is 1.91. The third-order valence-corrected chi connectivity index (χ3v) is 2.24. The van der Waals surface area contributed by atoms with Gasteiger partial charge in [-0.1, -0.05) is 11.6 Å². The molecule has 0 bridgehead atoms. The van der Waals surface area contributed by atoms with Gasteiger partial charge in [-0.15, -0.1) is 0 Å². The van der Waals surface area contributed by atoms with E-state index in [-0.39, 0.29) is 5.70 Å². The summed E-state index contributed by atoms with van der Waals surface area (Å²) >= 11 is 0. The Morgan fingerprint density at radius 2 is 2.19 bits per heavy atom. The molecule has 82 valence electrons. The van der Waals surface area contributed by atoms with Crippen molar-refractivity contribution in [2.75, 3.05) is 0 Å². The lowest BCUT2D eigenvalue weighted by Gasteiger charge is -1.90. The van der Waals surface area contributed by atoms with E-state index in [1.807, 2.05) is 25.1 Å². The number of aliphatic carboxylic acids is 1. The molecule has 0 fully saturated rings. The monoisotopic (exact) mass is 217 g/mol. The molecule has 1 heterocycles. The zero-order chi connectivity index (χ0) is 11.7. The number of carbonyl (C=O) groups is 1. The summed E-state index contributed by atoms with van der Waals surface area (Å²) in [7, 11) is 0. The molecular weight excluding hydrogens is 206 g/mol. The second kappa shape index (κ2) is 3.73. The Bertz CT molecular complexity index is 581. The van der Waals surface area contributed by atoms with Crippen molar-refractivity contribution in [3.8, 4) is 0 Å². The first kappa shape index (κ1) is 10.3. The van der Waals surface area contributed by atoms with Gasteiger partial charge < -0.3 is 15.3 Å². The molecule has 0 spiro atoms. The van der Waals surface area contributed by atoms with Gasteiger partial charge in [0.25, 0.3) is 0 Å². The van der Waals surface area contributed by atoms with E-state index in [1.165, 1.54) is 6.08 Å². The number of nitrogens with two attached hydrogens (primary N) is 1. The van der Waals surface area contributed by atoms with E-state index in [9.17, 15) is 4.79 Å². The minimum absolute atomic E-state index is 0.240. The first-order valence-corrected chi connectivity index (χ1v) is 4.77. The first-order chi connectivity index (χ1) is 7.56. The van der Waals surface area contributed by atoms with Gasteiger partial charge in [-0.2, -0.15) is 0 Å². The largest absolute Gasteiger partial charge is 0.477 e. The van der Waals surface area contributed by atoms with Crippen molar-refractivity contribution in [1.82, 2.24) is 0 Å². The lowest BCUT2D eigenvalue weighted by molar-refractivity contribution is -0.132. The predicted octanol–water partition coefficient (Wildman–Crippen LogP) is 2.13. The summed E-state index contributed by atoms with van der Waals surface area (Å²) in [5.74, 6) is -0.711. The van der Waals surface area contributed by atoms with Crippen LogP contribution in [0.1, 0.15) is 11.3 Å². The Morgan fingerprint density at radius 3 is 2.88 bits per heavy atom. The summed E-state index contributed by atoms with van der Waals surface area (Å²) in [4.78, 5) is 10.5. The van der Waals surface area contributed by atoms with Crippen molar-refractivity contribution in [2.45, 2.75) is 6.92 Å². The quantitative estimate of drug-likeness (QED) is 0.755. The third-order valence-electron chi connectivity index (χ3n) is 2.24. The van der Waals surface area contributed by atoms with E-state index in [2.05, 4.69) is 0 Å². The highest BCUT2D eigenvalue weighted by atomic mass is 16.4. The Kier molecular flexibility index (Phi) is 2.40. The topological polar surface area (TPSA) is 76.5 Å². The smallest absolute Gasteiger partial charge is 0.351 e. The number of carboxylic acids is 1. The van der Waals surface area contributed by atoms with Gasteiger partial charge in [0.1, 0.15) is 17.0 Å². The molecular formula is C12H11NO3. The molecule has 0 unspecified atom stereocenters. The number of hydrogen-bond donors (Lipinski definition) is 2. The average molecular weight is 217 g/mol. The summed E-state index contributed by atoms with van der Waals surface area (Å²) in [6.45, 7) is 1.98. The summed E-state index contributed by atoms with van der Waals surface area (Å²) in [6.07, 6.45) is 1.30. The van der Waals surface area contributed by atoms with Gasteiger partial charge in [0.2, 0.25) is 0 Å². The molecule has 1 aromatic heterocycles. The number of rotatable bonds is 2. The zero-order valence-electron chi connectivity index (χ0n) is 8.73. The second-order valence-corrected chi connectivity index (χ2v) is 3.59. The van der Waals surface area contributed by atoms with Gasteiger partial charge in [0.05, 0.1) is 0 Å². The molecule has 0 atom stereocenters. The van der Waals surface area contributed by atoms with Gasteiger partial charge >= 0.3 is 5.97 Å². The molecule has 16 heavy (non-hydrogen) atoms. The number of carboxylic acid groups (broad SMARTS) is 1. The van der Waals surface area contributed by atoms with Crippen molar-refractivity contribution < 1.29 is 14.3 Å². The molecule has 0 amide bonds. The Labute approximate surface area is 92.0 Å². The molecule has 0 radical (unpaired) electrons. The minimum atomic E-state index is -1.16. The number of hydrogen-bond acceptors (Lipinski definition) is 3. The zero-order valence-corrected chi connectivity index (χ0v) is 8.73. The highest BCUT2D eigenvalue weighted by molar-refractivity contribution is 5.91. The number of aryl methyl sites for hydroxylation is 1. The molecule has 0 aliphatic carbocycles. The Morgan fingerprint density at radius 1 is 1.44 bits per heavy atom. The van der Waals surface area contributed by atoms with Crippen LogP contribution in [-0.2, 0) is 4.79 Å². The van der Waals surface area contributed by atoms with Gasteiger partial charge in [-0.05, 0) is 25.1 Å². The Hall–Kier alpha value is -2.23. The molecule has 3 N–H and O–H groups in total. The van der Waals surface area contributed by atoms with Gasteiger partial charge in [0.15, 0.2) is 0 Å². The van der Waals surface area contributed by atoms with E-state index in [0.29, 0.717) is 5.76 Å². The van der Waals surface area contributed by atoms with E-state index in [0.717, 1.165) is 16.5 Å². The van der Waals surface area contributed by atoms with Gasteiger partial charge in [-0.3, -0.25) is 0 Å². The van der Waals surface area contributed by atoms with E-state index >= 15 is 0 Å². The highest BCUT2D eigenvalue weighted by Gasteiger charge is 2.05. The lowest BCUT2D eigenvalue weighted by atomic mass is 10.2. The molecule has 0 aliphatic heterocycles. The van der Waals surface area contributed by atoms with Crippen LogP contribution in [-0.4, -0.2) is 11.1 Å². The number of benzene rings is 1. The van der Waals surface area contributed by atoms with Crippen LogP contribution >= 0.6 is 0 Å². The van der Waals surface area contributed by atoms with Crippen LogP contribution in [0.25, 0.3) is 17.0 Å². The summed E-state index contributed by atoms with van der Waals surface area (Å²) < 4.78 is 5.42. The van der Waals surface area contributed by atoms with E-state index in [4.69, 9.17) is 15.3 Å². The average Bonchev–Trinajstić information content (AvgIpc) is 2.58. The SMILES string of the molecule is Cc1ccc2oc(/C=C(/N)C(=O)O)cc2c1. The van der Waals surface area contributed by atoms with Gasteiger partial charge in [-0.25, -0.2) is 4.79 Å². The normalized spacial score (nSPS) is 11.9. The fourth-order valence-electron chi connectivity index (χ4n) is 1.47. The van der Waals surface area contributed by atoms with Crippen LogP contribution in [0.4, 0.5) is 0 Å². The van der Waals surface area contributed by atoms with E-state index in [1.54, 1.807) is 6.07 Å².